The van der Waals surface area contributed by atoms with Crippen LogP contribution in [0.1, 0.15) is 28.1 Å². The molecule has 0 saturated carbocycles. The Morgan fingerprint density at radius 1 is 1.19 bits per heavy atom. The molecule has 3 aromatic rings. The fourth-order valence-electron chi connectivity index (χ4n) is 2.69. The molecule has 0 aliphatic carbocycles. The Morgan fingerprint density at radius 2 is 1.96 bits per heavy atom. The zero-order chi connectivity index (χ0) is 18.8. The van der Waals surface area contributed by atoms with Crippen molar-refractivity contribution in [1.82, 2.24) is 10.2 Å². The number of rotatable bonds is 5. The zero-order valence-electron chi connectivity index (χ0n) is 14.7. The van der Waals surface area contributed by atoms with Gasteiger partial charge in [-0.2, -0.15) is 0 Å². The lowest BCUT2D eigenvalue weighted by atomic mass is 10.2. The summed E-state index contributed by atoms with van der Waals surface area (Å²) in [4.78, 5) is 26.6. The van der Waals surface area contributed by atoms with Gasteiger partial charge in [0, 0.05) is 17.6 Å². The minimum atomic E-state index is -0.464. The molecule has 0 bridgehead atoms. The van der Waals surface area contributed by atoms with Gasteiger partial charge in [0.2, 0.25) is 0 Å². The quantitative estimate of drug-likeness (QED) is 0.741. The number of halogens is 1. The minimum absolute atomic E-state index is 0.0436. The SMILES string of the molecule is Cc1ccc([C@H](CNC(=O)c2cc(=O)c3cc(Cl)ccc3o2)N(C)C)o1. The highest BCUT2D eigenvalue weighted by Gasteiger charge is 2.20. The Bertz CT molecular complexity index is 1010. The van der Waals surface area contributed by atoms with Gasteiger partial charge in [0.15, 0.2) is 11.2 Å². The first-order valence-corrected chi connectivity index (χ1v) is 8.47. The van der Waals surface area contributed by atoms with E-state index < -0.39 is 5.91 Å². The van der Waals surface area contributed by atoms with Gasteiger partial charge in [0.1, 0.15) is 17.1 Å². The zero-order valence-corrected chi connectivity index (χ0v) is 15.5. The van der Waals surface area contributed by atoms with Gasteiger partial charge in [-0.1, -0.05) is 11.6 Å². The summed E-state index contributed by atoms with van der Waals surface area (Å²) in [7, 11) is 3.79. The number of nitrogens with one attached hydrogen (secondary N) is 1. The average molecular weight is 375 g/mol. The maximum Gasteiger partial charge on any atom is 0.287 e. The number of nitrogens with zero attached hydrogens (tertiary/aromatic N) is 1. The largest absolute Gasteiger partial charge is 0.465 e. The Labute approximate surface area is 155 Å². The van der Waals surface area contributed by atoms with Crippen molar-refractivity contribution in [1.29, 1.82) is 0 Å². The lowest BCUT2D eigenvalue weighted by Gasteiger charge is -2.22. The third kappa shape index (κ3) is 3.81. The number of likely N-dealkylation sites (N-methyl/N-ethyl adjacent to an activating group) is 1. The van der Waals surface area contributed by atoms with Crippen molar-refractivity contribution in [2.24, 2.45) is 0 Å². The van der Waals surface area contributed by atoms with Crippen LogP contribution >= 0.6 is 11.6 Å². The first-order chi connectivity index (χ1) is 12.3. The molecule has 1 aromatic carbocycles. The molecule has 0 unspecified atom stereocenters. The number of benzene rings is 1. The number of carbonyl (C=O) groups is 1. The van der Waals surface area contributed by atoms with Crippen molar-refractivity contribution in [3.63, 3.8) is 0 Å². The summed E-state index contributed by atoms with van der Waals surface area (Å²) in [5.41, 5.74) is 0.00240. The van der Waals surface area contributed by atoms with Gasteiger partial charge >= 0.3 is 0 Å². The lowest BCUT2D eigenvalue weighted by molar-refractivity contribution is 0.0911. The first-order valence-electron chi connectivity index (χ1n) is 8.09. The number of hydrogen-bond donors (Lipinski definition) is 1. The van der Waals surface area contributed by atoms with E-state index in [1.165, 1.54) is 12.1 Å². The number of amides is 1. The number of hydrogen-bond acceptors (Lipinski definition) is 5. The molecule has 1 amide bonds. The second-order valence-corrected chi connectivity index (χ2v) is 6.69. The minimum Gasteiger partial charge on any atom is -0.465 e. The van der Waals surface area contributed by atoms with Crippen LogP contribution in [-0.4, -0.2) is 31.4 Å². The summed E-state index contributed by atoms with van der Waals surface area (Å²) >= 11 is 5.89. The first kappa shape index (κ1) is 18.2. The Balaban J connectivity index is 1.80. The van der Waals surface area contributed by atoms with Gasteiger partial charge in [-0.25, -0.2) is 0 Å². The topological polar surface area (TPSA) is 75.7 Å². The van der Waals surface area contributed by atoms with Crippen molar-refractivity contribution in [3.05, 3.63) is 68.9 Å². The molecule has 7 heteroatoms. The summed E-state index contributed by atoms with van der Waals surface area (Å²) in [5, 5.41) is 3.57. The van der Waals surface area contributed by atoms with Crippen LogP contribution in [0.4, 0.5) is 0 Å². The maximum atomic E-state index is 12.5. The normalized spacial score (nSPS) is 12.5. The smallest absolute Gasteiger partial charge is 0.287 e. The Hall–Kier alpha value is -2.57. The molecule has 0 saturated heterocycles. The summed E-state index contributed by atoms with van der Waals surface area (Å²) in [5.74, 6) is 1.05. The molecular weight excluding hydrogens is 356 g/mol. The van der Waals surface area contributed by atoms with E-state index in [4.69, 9.17) is 20.4 Å². The van der Waals surface area contributed by atoms with E-state index in [1.807, 2.05) is 38.1 Å². The molecule has 0 spiro atoms. The summed E-state index contributed by atoms with van der Waals surface area (Å²) < 4.78 is 11.2. The van der Waals surface area contributed by atoms with E-state index in [0.29, 0.717) is 22.5 Å². The van der Waals surface area contributed by atoms with E-state index in [0.717, 1.165) is 11.5 Å². The second-order valence-electron chi connectivity index (χ2n) is 6.25. The molecule has 0 aliphatic heterocycles. The van der Waals surface area contributed by atoms with E-state index >= 15 is 0 Å². The van der Waals surface area contributed by atoms with Crippen LogP contribution in [-0.2, 0) is 0 Å². The molecule has 2 heterocycles. The number of fused-ring (bicyclic) bond motifs is 1. The monoisotopic (exact) mass is 374 g/mol. The molecule has 0 fully saturated rings. The van der Waals surface area contributed by atoms with Crippen LogP contribution in [0.5, 0.6) is 0 Å². The number of furan rings is 1. The molecule has 6 nitrogen and oxygen atoms in total. The van der Waals surface area contributed by atoms with Crippen LogP contribution < -0.4 is 10.7 Å². The molecule has 26 heavy (non-hydrogen) atoms. The summed E-state index contributed by atoms with van der Waals surface area (Å²) in [6, 6.07) is 9.49. The Morgan fingerprint density at radius 3 is 2.62 bits per heavy atom. The maximum absolute atomic E-state index is 12.5. The molecule has 3 rings (SSSR count). The van der Waals surface area contributed by atoms with Crippen LogP contribution in [0, 0.1) is 6.92 Å². The Kier molecular flexibility index (Phi) is 5.15. The molecule has 1 atom stereocenters. The highest BCUT2D eigenvalue weighted by molar-refractivity contribution is 6.31. The van der Waals surface area contributed by atoms with E-state index in [-0.39, 0.29) is 17.2 Å². The fraction of sp³-hybridized carbons (Fsp3) is 0.263. The lowest BCUT2D eigenvalue weighted by Crippen LogP contribution is -2.34. The summed E-state index contributed by atoms with van der Waals surface area (Å²) in [6.07, 6.45) is 0. The van der Waals surface area contributed by atoms with Crippen LogP contribution in [0.3, 0.4) is 0 Å². The van der Waals surface area contributed by atoms with E-state index in [1.54, 1.807) is 12.1 Å². The van der Waals surface area contributed by atoms with Crippen molar-refractivity contribution in [3.8, 4) is 0 Å². The second kappa shape index (κ2) is 7.35. The van der Waals surface area contributed by atoms with Gasteiger partial charge in [0.05, 0.1) is 11.4 Å². The van der Waals surface area contributed by atoms with Gasteiger partial charge in [-0.05, 0) is 51.4 Å². The highest BCUT2D eigenvalue weighted by Crippen LogP contribution is 2.21. The van der Waals surface area contributed by atoms with Gasteiger partial charge in [-0.15, -0.1) is 0 Å². The fourth-order valence-corrected chi connectivity index (χ4v) is 2.86. The van der Waals surface area contributed by atoms with Gasteiger partial charge in [0.25, 0.3) is 5.91 Å². The molecule has 0 aliphatic rings. The highest BCUT2D eigenvalue weighted by atomic mass is 35.5. The average Bonchev–Trinajstić information content (AvgIpc) is 3.01. The standard InChI is InChI=1S/C19H19ClN2O4/c1-11-4-6-17(25-11)14(22(2)3)10-21-19(24)18-9-15(23)13-8-12(20)5-7-16(13)26-18/h4-9,14H,10H2,1-3H3,(H,21,24)/t14-/m0/s1. The molecule has 136 valence electrons. The predicted molar refractivity (Wildman–Crippen MR) is 99.7 cm³/mol. The molecular formula is C19H19ClN2O4. The predicted octanol–water partition coefficient (Wildman–Crippen LogP) is 3.38. The van der Waals surface area contributed by atoms with E-state index in [2.05, 4.69) is 5.32 Å². The van der Waals surface area contributed by atoms with Crippen molar-refractivity contribution in [2.75, 3.05) is 20.6 Å². The molecule has 1 N–H and O–H groups in total. The number of aryl methyl sites for hydroxylation is 1. The summed E-state index contributed by atoms with van der Waals surface area (Å²) in [6.45, 7) is 2.17. The molecule has 2 aromatic heterocycles. The van der Waals surface area contributed by atoms with Crippen molar-refractivity contribution < 1.29 is 13.6 Å². The van der Waals surface area contributed by atoms with Crippen LogP contribution in [0.25, 0.3) is 11.0 Å². The third-order valence-electron chi connectivity index (χ3n) is 4.08. The van der Waals surface area contributed by atoms with Crippen LogP contribution in [0.2, 0.25) is 5.02 Å². The van der Waals surface area contributed by atoms with E-state index in [9.17, 15) is 9.59 Å². The van der Waals surface area contributed by atoms with Gasteiger partial charge < -0.3 is 14.2 Å². The van der Waals surface area contributed by atoms with Crippen molar-refractivity contribution >= 4 is 28.5 Å². The molecule has 0 radical (unpaired) electrons. The van der Waals surface area contributed by atoms with Crippen molar-refractivity contribution in [2.45, 2.75) is 13.0 Å². The van der Waals surface area contributed by atoms with Crippen LogP contribution in [0.15, 0.2) is 50.0 Å². The third-order valence-corrected chi connectivity index (χ3v) is 4.32. The van der Waals surface area contributed by atoms with Gasteiger partial charge in [-0.3, -0.25) is 14.5 Å². The number of carbonyl (C=O) groups excluding carboxylic acids is 1.